The molecule has 0 spiro atoms. The van der Waals surface area contributed by atoms with Crippen molar-refractivity contribution >= 4 is 11.8 Å². The van der Waals surface area contributed by atoms with Crippen molar-refractivity contribution in [3.63, 3.8) is 0 Å². The summed E-state index contributed by atoms with van der Waals surface area (Å²) in [6, 6.07) is 0. The van der Waals surface area contributed by atoms with E-state index in [9.17, 15) is 40.2 Å². The van der Waals surface area contributed by atoms with Gasteiger partial charge in [0.05, 0.1) is 23.4 Å². The quantitative estimate of drug-likeness (QED) is 0.0297. The van der Waals surface area contributed by atoms with Crippen LogP contribution in [0.2, 0.25) is 0 Å². The molecule has 4 aliphatic carbocycles. The van der Waals surface area contributed by atoms with Crippen LogP contribution in [0.25, 0.3) is 0 Å². The van der Waals surface area contributed by atoms with Gasteiger partial charge < -0.3 is 35.4 Å². The molecule has 0 heterocycles. The average molecular weight is 761 g/mol. The fourth-order valence-corrected chi connectivity index (χ4v) is 11.0. The minimum Gasteiger partial charge on any atom is -0.430 e. The molecule has 0 aromatic rings. The fraction of sp³-hybridized carbons (Fsp3) is 0.867. The molecular formula is C45H76O9. The molecule has 4 rings (SSSR count). The molecular weight excluding hydrogens is 684 g/mol. The third-order valence-corrected chi connectivity index (χ3v) is 14.6. The first-order valence-electron chi connectivity index (χ1n) is 21.6. The lowest BCUT2D eigenvalue weighted by Gasteiger charge is -2.61. The highest BCUT2D eigenvalue weighted by Gasteiger charge is 2.71. The number of carbonyl (C=O) groups is 2. The zero-order valence-corrected chi connectivity index (χ0v) is 34.6. The number of hydrogen-bond acceptors (Lipinski definition) is 9. The fourth-order valence-electron chi connectivity index (χ4n) is 11.0. The molecule has 0 radical (unpaired) electrons. The van der Waals surface area contributed by atoms with Gasteiger partial charge in [-0.2, -0.15) is 0 Å². The minimum atomic E-state index is -2.33. The van der Waals surface area contributed by atoms with Crippen molar-refractivity contribution in [1.29, 1.82) is 0 Å². The van der Waals surface area contributed by atoms with E-state index in [0.717, 1.165) is 38.5 Å². The van der Waals surface area contributed by atoms with Crippen molar-refractivity contribution in [3.8, 4) is 0 Å². The standard InChI is InChI=1S/C45H76O9/c1-7-8-9-10-11-12-13-14-15-16-17-18-19-20-21-22-39(49)54-45(53,28-27-40(2,3)50)43(6,51)38-24-26-44(52)33-29-35(46)34-30-36(47)37(48)31-41(34,4)32(33)23-25-42(38,44)5/h14-15,29,32,34,36-38,47-48,50-53H,7-13,16-28,30-31H2,1-6H3/b15-14-/t32?,34-,36+,37-,38+,41+,42+,43?,44+,45+/m0/s1. The van der Waals surface area contributed by atoms with Crippen molar-refractivity contribution in [1.82, 2.24) is 0 Å². The van der Waals surface area contributed by atoms with Gasteiger partial charge in [0.1, 0.15) is 5.60 Å². The number of aliphatic hydroxyl groups excluding tert-OH is 2. The van der Waals surface area contributed by atoms with Crippen molar-refractivity contribution in [2.45, 2.75) is 218 Å². The Balaban J connectivity index is 1.37. The normalized spacial score (nSPS) is 34.8. The summed E-state index contributed by atoms with van der Waals surface area (Å²) < 4.78 is 5.86. The third kappa shape index (κ3) is 9.73. The van der Waals surface area contributed by atoms with Crippen LogP contribution in [-0.2, 0) is 14.3 Å². The lowest BCUT2D eigenvalue weighted by atomic mass is 9.45. The van der Waals surface area contributed by atoms with Crippen LogP contribution in [-0.4, -0.2) is 77.2 Å². The number of unbranched alkanes of at least 4 members (excludes halogenated alkanes) is 11. The number of carbonyl (C=O) groups excluding carboxylic acids is 2. The number of aliphatic hydroxyl groups is 6. The topological polar surface area (TPSA) is 165 Å². The van der Waals surface area contributed by atoms with Gasteiger partial charge in [0.25, 0.3) is 0 Å². The first kappa shape index (κ1) is 45.1. The Kier molecular flexibility index (Phi) is 15.3. The number of hydrogen-bond donors (Lipinski definition) is 6. The largest absolute Gasteiger partial charge is 0.430 e. The Morgan fingerprint density at radius 2 is 1.43 bits per heavy atom. The molecule has 3 fully saturated rings. The third-order valence-electron chi connectivity index (χ3n) is 14.6. The molecule has 54 heavy (non-hydrogen) atoms. The number of rotatable bonds is 21. The monoisotopic (exact) mass is 761 g/mol. The molecule has 0 amide bonds. The van der Waals surface area contributed by atoms with Crippen LogP contribution >= 0.6 is 0 Å². The van der Waals surface area contributed by atoms with E-state index in [0.29, 0.717) is 31.3 Å². The summed E-state index contributed by atoms with van der Waals surface area (Å²) in [5.74, 6) is -4.46. The van der Waals surface area contributed by atoms with Crippen LogP contribution in [0.1, 0.15) is 183 Å². The SMILES string of the molecule is CCCCCCCC/C=C\CCCCCCCC(=O)O[C@](O)(CCC(C)(C)O)C(C)(O)[C@@H]1CC[C@@]2(O)C3=CC(=O)[C@@H]4C[C@@H](O)[C@@H](O)C[C@]4(C)C3CC[C@]12C. The summed E-state index contributed by atoms with van der Waals surface area (Å²) in [6.45, 7) is 10.8. The highest BCUT2D eigenvalue weighted by atomic mass is 16.7. The number of allylic oxidation sites excluding steroid dienone is 3. The maximum absolute atomic E-state index is 13.6. The second kappa shape index (κ2) is 18.3. The second-order valence-electron chi connectivity index (χ2n) is 19.1. The lowest BCUT2D eigenvalue weighted by molar-refractivity contribution is -0.312. The van der Waals surface area contributed by atoms with Gasteiger partial charge in [-0.1, -0.05) is 84.3 Å². The molecule has 0 bridgehead atoms. The summed E-state index contributed by atoms with van der Waals surface area (Å²) in [5.41, 5.74) is -5.67. The van der Waals surface area contributed by atoms with Gasteiger partial charge in [0.15, 0.2) is 5.78 Å². The molecule has 3 saturated carbocycles. The summed E-state index contributed by atoms with van der Waals surface area (Å²) in [7, 11) is 0. The second-order valence-corrected chi connectivity index (χ2v) is 19.1. The maximum Gasteiger partial charge on any atom is 0.308 e. The van der Waals surface area contributed by atoms with E-state index in [1.54, 1.807) is 19.9 Å². The van der Waals surface area contributed by atoms with Crippen molar-refractivity contribution in [3.05, 3.63) is 23.8 Å². The van der Waals surface area contributed by atoms with Gasteiger partial charge in [-0.3, -0.25) is 9.59 Å². The Hall–Kier alpha value is -1.62. The van der Waals surface area contributed by atoms with Crippen LogP contribution < -0.4 is 0 Å². The van der Waals surface area contributed by atoms with Gasteiger partial charge in [-0.15, -0.1) is 0 Å². The van der Waals surface area contributed by atoms with Crippen molar-refractivity contribution < 1.29 is 45.0 Å². The van der Waals surface area contributed by atoms with E-state index in [1.165, 1.54) is 45.4 Å². The molecule has 10 atom stereocenters. The van der Waals surface area contributed by atoms with E-state index in [-0.39, 0.29) is 50.2 Å². The van der Waals surface area contributed by atoms with Gasteiger partial charge in [-0.05, 0) is 121 Å². The predicted molar refractivity (Wildman–Crippen MR) is 211 cm³/mol. The van der Waals surface area contributed by atoms with E-state index < -0.39 is 63.4 Å². The van der Waals surface area contributed by atoms with E-state index in [4.69, 9.17) is 4.74 Å². The van der Waals surface area contributed by atoms with Crippen LogP contribution in [0.5, 0.6) is 0 Å². The first-order valence-corrected chi connectivity index (χ1v) is 21.6. The van der Waals surface area contributed by atoms with Crippen LogP contribution in [0.3, 0.4) is 0 Å². The zero-order chi connectivity index (χ0) is 40.0. The smallest absolute Gasteiger partial charge is 0.308 e. The zero-order valence-electron chi connectivity index (χ0n) is 34.6. The Labute approximate surface area is 326 Å². The van der Waals surface area contributed by atoms with Crippen LogP contribution in [0, 0.1) is 28.6 Å². The van der Waals surface area contributed by atoms with E-state index in [1.807, 2.05) is 13.8 Å². The highest BCUT2D eigenvalue weighted by molar-refractivity contribution is 5.95. The molecule has 0 aromatic heterocycles. The Morgan fingerprint density at radius 3 is 2.04 bits per heavy atom. The number of esters is 1. The predicted octanol–water partition coefficient (Wildman–Crippen LogP) is 7.76. The van der Waals surface area contributed by atoms with Gasteiger partial charge >= 0.3 is 5.97 Å². The number of ether oxygens (including phenoxy) is 1. The van der Waals surface area contributed by atoms with Crippen molar-refractivity contribution in [2.24, 2.45) is 28.6 Å². The summed E-state index contributed by atoms with van der Waals surface area (Å²) >= 11 is 0. The minimum absolute atomic E-state index is 0.0592. The molecule has 9 nitrogen and oxygen atoms in total. The maximum atomic E-state index is 13.6. The molecule has 0 aromatic carbocycles. The molecule has 9 heteroatoms. The van der Waals surface area contributed by atoms with Gasteiger partial charge in [0, 0.05) is 30.1 Å². The van der Waals surface area contributed by atoms with E-state index >= 15 is 0 Å². The van der Waals surface area contributed by atoms with Gasteiger partial charge in [-0.25, -0.2) is 0 Å². The van der Waals surface area contributed by atoms with E-state index in [2.05, 4.69) is 19.1 Å². The highest BCUT2D eigenvalue weighted by Crippen LogP contribution is 2.69. The van der Waals surface area contributed by atoms with Crippen molar-refractivity contribution in [2.75, 3.05) is 0 Å². The van der Waals surface area contributed by atoms with Gasteiger partial charge in [0.2, 0.25) is 5.79 Å². The van der Waals surface area contributed by atoms with Crippen LogP contribution in [0.4, 0.5) is 0 Å². The molecule has 4 aliphatic rings. The number of fused-ring (bicyclic) bond motifs is 5. The molecule has 6 N–H and O–H groups in total. The first-order chi connectivity index (χ1) is 25.3. The lowest BCUT2D eigenvalue weighted by Crippen LogP contribution is -2.66. The summed E-state index contributed by atoms with van der Waals surface area (Å²) in [4.78, 5) is 27.0. The number of ketones is 1. The molecule has 0 saturated heterocycles. The average Bonchev–Trinajstić information content (AvgIpc) is 3.38. The molecule has 2 unspecified atom stereocenters. The van der Waals surface area contributed by atoms with Crippen LogP contribution in [0.15, 0.2) is 23.8 Å². The summed E-state index contributed by atoms with van der Waals surface area (Å²) in [6.07, 6.45) is 21.0. The Bertz CT molecular complexity index is 1320. The Morgan fingerprint density at radius 1 is 0.833 bits per heavy atom. The molecule has 0 aliphatic heterocycles. The summed E-state index contributed by atoms with van der Waals surface area (Å²) in [5, 5.41) is 69.1. The molecule has 310 valence electrons.